The molecule has 2 atom stereocenters. The summed E-state index contributed by atoms with van der Waals surface area (Å²) in [4.78, 5) is 22.3. The molecular weight excluding hydrogens is 482 g/mol. The van der Waals surface area contributed by atoms with E-state index in [0.29, 0.717) is 62.7 Å². The third-order valence-corrected chi connectivity index (χ3v) is 10.2. The van der Waals surface area contributed by atoms with Gasteiger partial charge in [-0.15, -0.1) is 0 Å². The highest BCUT2D eigenvalue weighted by molar-refractivity contribution is 7.89. The van der Waals surface area contributed by atoms with E-state index in [1.54, 1.807) is 35.0 Å². The second-order valence-corrected chi connectivity index (χ2v) is 12.9. The third kappa shape index (κ3) is 5.16. The number of sulfonamides is 1. The Morgan fingerprint density at radius 3 is 2.58 bits per heavy atom. The minimum absolute atomic E-state index is 0.0391. The number of fused-ring (bicyclic) bond motifs is 1. The van der Waals surface area contributed by atoms with Crippen LogP contribution in [0.5, 0.6) is 0 Å². The number of hydrogen-bond acceptors (Lipinski definition) is 8. The minimum atomic E-state index is -3.29. The number of aryl methyl sites for hydroxylation is 1. The van der Waals surface area contributed by atoms with Crippen molar-refractivity contribution in [3.05, 3.63) is 28.2 Å². The fourth-order valence-electron chi connectivity index (χ4n) is 5.93. The lowest BCUT2D eigenvalue weighted by molar-refractivity contribution is 0.0266. The predicted octanol–water partition coefficient (Wildman–Crippen LogP) is 2.21. The maximum Gasteiger partial charge on any atom is 0.255 e. The number of nitrogens with zero attached hydrogens (tertiary/aromatic N) is 4. The van der Waals surface area contributed by atoms with Crippen LogP contribution in [0.4, 0.5) is 5.95 Å². The van der Waals surface area contributed by atoms with Gasteiger partial charge in [-0.2, -0.15) is 4.98 Å². The Bertz CT molecular complexity index is 1260. The maximum atomic E-state index is 13.1. The van der Waals surface area contributed by atoms with Crippen LogP contribution in [-0.4, -0.2) is 76.1 Å². The molecule has 5 rings (SSSR count). The van der Waals surface area contributed by atoms with Gasteiger partial charge in [0, 0.05) is 49.5 Å². The Hall–Kier alpha value is -2.08. The van der Waals surface area contributed by atoms with Crippen molar-refractivity contribution < 1.29 is 18.3 Å². The lowest BCUT2D eigenvalue weighted by atomic mass is 9.99. The molecule has 198 valence electrons. The van der Waals surface area contributed by atoms with Crippen molar-refractivity contribution in [1.29, 1.82) is 0 Å². The number of aromatic nitrogens is 3. The second-order valence-electron chi connectivity index (χ2n) is 10.9. The SMILES string of the molecule is Cc1cc2cnc(NC3CCN(S(=O)(=O)CC4CCOCC4)CC3)nc2n([C@@H]2CCC[C@@]2(C)O)c1=O. The van der Waals surface area contributed by atoms with E-state index in [-0.39, 0.29) is 29.3 Å². The van der Waals surface area contributed by atoms with Gasteiger partial charge >= 0.3 is 0 Å². The van der Waals surface area contributed by atoms with Crippen LogP contribution in [0.3, 0.4) is 0 Å². The predicted molar refractivity (Wildman–Crippen MR) is 138 cm³/mol. The fraction of sp³-hybridized carbons (Fsp3) is 0.720. The molecule has 0 aromatic carbocycles. The van der Waals surface area contributed by atoms with Gasteiger partial charge in [-0.1, -0.05) is 0 Å². The molecule has 2 aliphatic heterocycles. The number of pyridine rings is 1. The van der Waals surface area contributed by atoms with E-state index < -0.39 is 15.6 Å². The molecule has 1 saturated carbocycles. The number of rotatable bonds is 6. The van der Waals surface area contributed by atoms with Gasteiger partial charge in [0.2, 0.25) is 16.0 Å². The van der Waals surface area contributed by atoms with Crippen LogP contribution in [0.1, 0.15) is 63.5 Å². The lowest BCUT2D eigenvalue weighted by Crippen LogP contribution is -2.44. The Kier molecular flexibility index (Phi) is 7.10. The Morgan fingerprint density at radius 2 is 1.92 bits per heavy atom. The Labute approximate surface area is 212 Å². The summed E-state index contributed by atoms with van der Waals surface area (Å²) in [7, 11) is -3.29. The molecule has 0 amide bonds. The highest BCUT2D eigenvalue weighted by Gasteiger charge is 2.39. The average molecular weight is 520 g/mol. The Balaban J connectivity index is 1.30. The van der Waals surface area contributed by atoms with Gasteiger partial charge in [0.1, 0.15) is 5.65 Å². The van der Waals surface area contributed by atoms with Crippen molar-refractivity contribution in [2.75, 3.05) is 37.4 Å². The zero-order chi connectivity index (χ0) is 25.5. The summed E-state index contributed by atoms with van der Waals surface area (Å²) in [6.45, 7) is 5.78. The van der Waals surface area contributed by atoms with E-state index in [1.807, 2.05) is 0 Å². The molecule has 0 bridgehead atoms. The Morgan fingerprint density at radius 1 is 1.19 bits per heavy atom. The molecule has 36 heavy (non-hydrogen) atoms. The first-order chi connectivity index (χ1) is 17.1. The van der Waals surface area contributed by atoms with Crippen LogP contribution in [0.25, 0.3) is 11.0 Å². The van der Waals surface area contributed by atoms with E-state index in [2.05, 4.69) is 10.3 Å². The zero-order valence-electron chi connectivity index (χ0n) is 21.1. The highest BCUT2D eigenvalue weighted by atomic mass is 32.2. The van der Waals surface area contributed by atoms with E-state index in [1.165, 1.54) is 0 Å². The van der Waals surface area contributed by atoms with Crippen LogP contribution >= 0.6 is 0 Å². The van der Waals surface area contributed by atoms with Crippen LogP contribution < -0.4 is 10.9 Å². The van der Waals surface area contributed by atoms with E-state index >= 15 is 0 Å². The molecule has 2 saturated heterocycles. The fourth-order valence-corrected chi connectivity index (χ4v) is 7.84. The molecule has 4 heterocycles. The standard InChI is InChI=1S/C25H37N5O5S/c1-17-14-19-15-26-24(28-22(19)30(23(17)31)21-4-3-9-25(21,2)32)27-20-5-10-29(11-6-20)36(33,34)16-18-7-12-35-13-8-18/h14-15,18,20-21,32H,3-13,16H2,1-2H3,(H,26,27,28)/t21-,25-/m1/s1. The van der Waals surface area contributed by atoms with Crippen molar-refractivity contribution in [3.8, 4) is 0 Å². The van der Waals surface area contributed by atoms with Gasteiger partial charge in [-0.3, -0.25) is 9.36 Å². The summed E-state index contributed by atoms with van der Waals surface area (Å²) in [6, 6.07) is 1.50. The molecular formula is C25H37N5O5S. The smallest absolute Gasteiger partial charge is 0.255 e. The quantitative estimate of drug-likeness (QED) is 0.595. The molecule has 0 radical (unpaired) electrons. The molecule has 11 heteroatoms. The highest BCUT2D eigenvalue weighted by Crippen LogP contribution is 2.39. The van der Waals surface area contributed by atoms with Crippen LogP contribution in [0.2, 0.25) is 0 Å². The molecule has 10 nitrogen and oxygen atoms in total. The van der Waals surface area contributed by atoms with Crippen molar-refractivity contribution in [2.45, 2.75) is 76.5 Å². The normalized spacial score (nSPS) is 27.0. The minimum Gasteiger partial charge on any atom is -0.388 e. The van der Waals surface area contributed by atoms with Crippen LogP contribution in [-0.2, 0) is 14.8 Å². The van der Waals surface area contributed by atoms with Crippen LogP contribution in [0.15, 0.2) is 17.1 Å². The van der Waals surface area contributed by atoms with Gasteiger partial charge in [0.25, 0.3) is 5.56 Å². The van der Waals surface area contributed by atoms with Gasteiger partial charge in [-0.25, -0.2) is 17.7 Å². The number of nitrogens with one attached hydrogen (secondary N) is 1. The van der Waals surface area contributed by atoms with Gasteiger partial charge in [0.15, 0.2) is 0 Å². The number of hydrogen-bond donors (Lipinski definition) is 2. The lowest BCUT2D eigenvalue weighted by Gasteiger charge is -2.33. The molecule has 0 unspecified atom stereocenters. The first-order valence-corrected chi connectivity index (χ1v) is 14.7. The molecule has 2 N–H and O–H groups in total. The molecule has 3 aliphatic rings. The average Bonchev–Trinajstić information content (AvgIpc) is 3.19. The summed E-state index contributed by atoms with van der Waals surface area (Å²) >= 11 is 0. The summed E-state index contributed by atoms with van der Waals surface area (Å²) in [5.74, 6) is 0.789. The number of anilines is 1. The third-order valence-electron chi connectivity index (χ3n) is 8.11. The first kappa shape index (κ1) is 25.6. The zero-order valence-corrected chi connectivity index (χ0v) is 22.0. The van der Waals surface area contributed by atoms with Crippen molar-refractivity contribution in [3.63, 3.8) is 0 Å². The second kappa shape index (κ2) is 10.00. The summed E-state index contributed by atoms with van der Waals surface area (Å²) in [5, 5.41) is 15.0. The molecule has 0 spiro atoms. The van der Waals surface area contributed by atoms with Crippen molar-refractivity contribution in [2.24, 2.45) is 5.92 Å². The number of aliphatic hydroxyl groups is 1. The molecule has 3 fully saturated rings. The van der Waals surface area contributed by atoms with E-state index in [4.69, 9.17) is 9.72 Å². The number of piperidine rings is 1. The van der Waals surface area contributed by atoms with Crippen molar-refractivity contribution in [1.82, 2.24) is 18.8 Å². The first-order valence-electron chi connectivity index (χ1n) is 13.1. The van der Waals surface area contributed by atoms with E-state index in [0.717, 1.165) is 31.1 Å². The molecule has 1 aliphatic carbocycles. The number of ether oxygens (including phenoxy) is 1. The van der Waals surface area contributed by atoms with Gasteiger partial charge in [0.05, 0.1) is 17.4 Å². The van der Waals surface area contributed by atoms with Gasteiger partial charge in [-0.05, 0) is 70.8 Å². The summed E-state index contributed by atoms with van der Waals surface area (Å²) in [5.41, 5.74) is 0.0180. The van der Waals surface area contributed by atoms with Crippen LogP contribution in [0, 0.1) is 12.8 Å². The summed E-state index contributed by atoms with van der Waals surface area (Å²) in [6.07, 6.45) is 6.86. The van der Waals surface area contributed by atoms with Gasteiger partial charge < -0.3 is 15.2 Å². The van der Waals surface area contributed by atoms with Crippen molar-refractivity contribution >= 4 is 27.0 Å². The maximum absolute atomic E-state index is 13.1. The monoisotopic (exact) mass is 519 g/mol. The van der Waals surface area contributed by atoms with E-state index in [9.17, 15) is 18.3 Å². The molecule has 2 aromatic rings. The topological polar surface area (TPSA) is 127 Å². The summed E-state index contributed by atoms with van der Waals surface area (Å²) < 4.78 is 34.5. The largest absolute Gasteiger partial charge is 0.388 e. The molecule has 2 aromatic heterocycles.